The summed E-state index contributed by atoms with van der Waals surface area (Å²) in [6.45, 7) is 6.27. The monoisotopic (exact) mass is 421 g/mol. The minimum Gasteiger partial charge on any atom is -0.478 e. The zero-order chi connectivity index (χ0) is 21.6. The second-order valence-corrected chi connectivity index (χ2v) is 8.43. The number of carbonyl (C=O) groups is 1. The molecule has 0 saturated carbocycles. The summed E-state index contributed by atoms with van der Waals surface area (Å²) < 4.78 is 5.93. The third-order valence-electron chi connectivity index (χ3n) is 5.37. The van der Waals surface area contributed by atoms with Crippen molar-refractivity contribution in [1.29, 1.82) is 0 Å². The first kappa shape index (κ1) is 21.9. The van der Waals surface area contributed by atoms with Crippen LogP contribution in [0.25, 0.3) is 0 Å². The average Bonchev–Trinajstić information content (AvgIpc) is 2.76. The van der Waals surface area contributed by atoms with E-state index in [-0.39, 0.29) is 17.7 Å². The highest BCUT2D eigenvalue weighted by Crippen LogP contribution is 2.32. The summed E-state index contributed by atoms with van der Waals surface area (Å²) in [5.74, 6) is 0.841. The number of halogens is 1. The molecule has 0 spiro atoms. The molecule has 0 radical (unpaired) electrons. The molecule has 1 amide bonds. The van der Waals surface area contributed by atoms with Gasteiger partial charge in [0.15, 0.2) is 5.60 Å². The first-order valence-corrected chi connectivity index (χ1v) is 10.6. The lowest BCUT2D eigenvalue weighted by Gasteiger charge is -2.29. The molecule has 3 aromatic carbocycles. The number of hydrogen-bond donors (Lipinski definition) is 1. The zero-order valence-electron chi connectivity index (χ0n) is 17.6. The maximum absolute atomic E-state index is 13.0. The molecule has 0 fully saturated rings. The number of ether oxygens (including phenoxy) is 1. The van der Waals surface area contributed by atoms with Crippen molar-refractivity contribution in [2.24, 2.45) is 0 Å². The highest BCUT2D eigenvalue weighted by Gasteiger charge is 2.31. The fourth-order valence-electron chi connectivity index (χ4n) is 3.53. The van der Waals surface area contributed by atoms with Gasteiger partial charge in [-0.15, -0.1) is 0 Å². The molecule has 3 aromatic rings. The van der Waals surface area contributed by atoms with Gasteiger partial charge in [-0.2, -0.15) is 0 Å². The second-order valence-electron chi connectivity index (χ2n) is 7.99. The molecule has 2 atom stereocenters. The molecule has 0 aliphatic heterocycles. The van der Waals surface area contributed by atoms with Crippen LogP contribution in [0.3, 0.4) is 0 Å². The molecule has 156 valence electrons. The van der Waals surface area contributed by atoms with Crippen molar-refractivity contribution in [3.05, 3.63) is 101 Å². The quantitative estimate of drug-likeness (QED) is 0.470. The second kappa shape index (κ2) is 9.82. The number of amides is 1. The molecule has 0 saturated heterocycles. The van der Waals surface area contributed by atoms with Crippen molar-refractivity contribution in [2.45, 2.75) is 38.2 Å². The van der Waals surface area contributed by atoms with Crippen molar-refractivity contribution >= 4 is 17.5 Å². The van der Waals surface area contributed by atoms with Crippen LogP contribution in [0.5, 0.6) is 5.75 Å². The van der Waals surface area contributed by atoms with E-state index < -0.39 is 5.60 Å². The number of nitrogens with one attached hydrogen (secondary N) is 1. The van der Waals surface area contributed by atoms with E-state index in [0.29, 0.717) is 17.3 Å². The highest BCUT2D eigenvalue weighted by atomic mass is 35.5. The Morgan fingerprint density at radius 1 is 0.900 bits per heavy atom. The van der Waals surface area contributed by atoms with E-state index >= 15 is 0 Å². The average molecular weight is 422 g/mol. The molecule has 0 aromatic heterocycles. The van der Waals surface area contributed by atoms with Gasteiger partial charge in [-0.1, -0.05) is 79.2 Å². The van der Waals surface area contributed by atoms with Crippen molar-refractivity contribution < 1.29 is 9.53 Å². The largest absolute Gasteiger partial charge is 0.478 e. The molecule has 2 unspecified atom stereocenters. The predicted octanol–water partition coefficient (Wildman–Crippen LogP) is 6.20. The summed E-state index contributed by atoms with van der Waals surface area (Å²) in [5, 5.41) is 3.74. The van der Waals surface area contributed by atoms with Gasteiger partial charge < -0.3 is 10.1 Å². The van der Waals surface area contributed by atoms with Gasteiger partial charge >= 0.3 is 0 Å². The van der Waals surface area contributed by atoms with Crippen LogP contribution in [-0.2, 0) is 4.79 Å². The fraction of sp³-hybridized carbons (Fsp3) is 0.269. The molecule has 0 heterocycles. The number of benzene rings is 3. The molecule has 30 heavy (non-hydrogen) atoms. The molecular formula is C26H28ClNO2. The van der Waals surface area contributed by atoms with Gasteiger partial charge in [0.1, 0.15) is 5.75 Å². The topological polar surface area (TPSA) is 38.3 Å². The number of hydrogen-bond acceptors (Lipinski definition) is 2. The minimum atomic E-state index is -1.01. The Bertz CT molecular complexity index is 940. The van der Waals surface area contributed by atoms with Crippen LogP contribution in [0.1, 0.15) is 43.7 Å². The van der Waals surface area contributed by atoms with E-state index in [1.165, 1.54) is 11.1 Å². The van der Waals surface area contributed by atoms with Crippen LogP contribution < -0.4 is 10.1 Å². The highest BCUT2D eigenvalue weighted by molar-refractivity contribution is 6.30. The summed E-state index contributed by atoms with van der Waals surface area (Å²) >= 11 is 5.93. The van der Waals surface area contributed by atoms with Crippen LogP contribution in [-0.4, -0.2) is 18.1 Å². The van der Waals surface area contributed by atoms with Gasteiger partial charge in [-0.25, -0.2) is 0 Å². The van der Waals surface area contributed by atoms with Crippen molar-refractivity contribution in [2.75, 3.05) is 6.54 Å². The lowest BCUT2D eigenvalue weighted by molar-refractivity contribution is -0.134. The minimum absolute atomic E-state index is 0.142. The van der Waals surface area contributed by atoms with Gasteiger partial charge in [0.2, 0.25) is 0 Å². The van der Waals surface area contributed by atoms with E-state index in [4.69, 9.17) is 16.3 Å². The Labute approximate surface area is 184 Å². The van der Waals surface area contributed by atoms with E-state index in [1.807, 2.05) is 24.3 Å². The lowest BCUT2D eigenvalue weighted by Crippen LogP contribution is -2.47. The molecule has 0 aliphatic carbocycles. The lowest BCUT2D eigenvalue weighted by atomic mass is 9.82. The van der Waals surface area contributed by atoms with Crippen molar-refractivity contribution in [3.63, 3.8) is 0 Å². The summed E-state index contributed by atoms with van der Waals surface area (Å²) in [6.07, 6.45) is 0. The van der Waals surface area contributed by atoms with Crippen LogP contribution in [0.4, 0.5) is 0 Å². The zero-order valence-corrected chi connectivity index (χ0v) is 18.4. The third kappa shape index (κ3) is 5.64. The van der Waals surface area contributed by atoms with Crippen LogP contribution in [0.2, 0.25) is 5.02 Å². The normalized spacial score (nSPS) is 13.3. The van der Waals surface area contributed by atoms with Crippen LogP contribution >= 0.6 is 11.6 Å². The van der Waals surface area contributed by atoms with E-state index in [1.54, 1.807) is 38.1 Å². The van der Waals surface area contributed by atoms with Crippen LogP contribution in [0, 0.1) is 0 Å². The molecule has 3 rings (SSSR count). The Kier molecular flexibility index (Phi) is 7.17. The Morgan fingerprint density at radius 2 is 1.43 bits per heavy atom. The van der Waals surface area contributed by atoms with E-state index in [0.717, 1.165) is 0 Å². The van der Waals surface area contributed by atoms with Crippen LogP contribution in [0.15, 0.2) is 84.9 Å². The maximum Gasteiger partial charge on any atom is 0.263 e. The number of rotatable bonds is 8. The van der Waals surface area contributed by atoms with E-state index in [9.17, 15) is 4.79 Å². The van der Waals surface area contributed by atoms with Gasteiger partial charge in [-0.3, -0.25) is 4.79 Å². The molecule has 0 aliphatic rings. The standard InChI is InChI=1S/C26H28ClNO2/c1-19(20-10-6-4-7-11-20)24(21-12-8-5-9-13-21)18-28-25(29)26(2,3)30-23-16-14-22(27)15-17-23/h4-17,19,24H,18H2,1-3H3,(H,28,29). The Balaban J connectivity index is 1.73. The smallest absolute Gasteiger partial charge is 0.263 e. The summed E-state index contributed by atoms with van der Waals surface area (Å²) in [7, 11) is 0. The van der Waals surface area contributed by atoms with Gasteiger partial charge in [0.05, 0.1) is 0 Å². The van der Waals surface area contributed by atoms with Crippen molar-refractivity contribution in [1.82, 2.24) is 5.32 Å². The van der Waals surface area contributed by atoms with Gasteiger partial charge in [0, 0.05) is 17.5 Å². The van der Waals surface area contributed by atoms with Gasteiger partial charge in [-0.05, 0) is 55.2 Å². The SMILES string of the molecule is CC(c1ccccc1)C(CNC(=O)C(C)(C)Oc1ccc(Cl)cc1)c1ccccc1. The third-order valence-corrected chi connectivity index (χ3v) is 5.62. The molecule has 0 bridgehead atoms. The molecule has 4 heteroatoms. The fourth-order valence-corrected chi connectivity index (χ4v) is 3.66. The predicted molar refractivity (Wildman–Crippen MR) is 123 cm³/mol. The Hall–Kier alpha value is -2.78. The first-order chi connectivity index (χ1) is 14.4. The molecule has 3 nitrogen and oxygen atoms in total. The summed E-state index contributed by atoms with van der Waals surface area (Å²) in [4.78, 5) is 13.0. The molecule has 1 N–H and O–H groups in total. The molecular weight excluding hydrogens is 394 g/mol. The Morgan fingerprint density at radius 3 is 2.00 bits per heavy atom. The van der Waals surface area contributed by atoms with E-state index in [2.05, 4.69) is 48.6 Å². The summed E-state index contributed by atoms with van der Waals surface area (Å²) in [5.41, 5.74) is 1.44. The van der Waals surface area contributed by atoms with Crippen molar-refractivity contribution in [3.8, 4) is 5.75 Å². The maximum atomic E-state index is 13.0. The first-order valence-electron chi connectivity index (χ1n) is 10.2. The van der Waals surface area contributed by atoms with Gasteiger partial charge in [0.25, 0.3) is 5.91 Å². The summed E-state index contributed by atoms with van der Waals surface area (Å²) in [6, 6.07) is 27.7. The number of carbonyl (C=O) groups excluding carboxylic acids is 1.